The van der Waals surface area contributed by atoms with Gasteiger partial charge in [0, 0.05) is 10.6 Å². The molecule has 0 heterocycles. The van der Waals surface area contributed by atoms with E-state index < -0.39 is 5.97 Å². The number of benzene rings is 1. The summed E-state index contributed by atoms with van der Waals surface area (Å²) in [7, 11) is 1.55. The van der Waals surface area contributed by atoms with Crippen LogP contribution in [-0.2, 0) is 4.79 Å². The molecule has 0 radical (unpaired) electrons. The second-order valence-electron chi connectivity index (χ2n) is 2.79. The summed E-state index contributed by atoms with van der Waals surface area (Å²) in [6.45, 7) is 0. The number of methoxy groups -OCH3 is 1. The summed E-state index contributed by atoms with van der Waals surface area (Å²) >= 11 is 7.38. The maximum atomic E-state index is 10.3. The molecule has 0 saturated carbocycles. The molecule has 0 aliphatic heterocycles. The first-order chi connectivity index (χ1) is 7.13. The van der Waals surface area contributed by atoms with E-state index in [2.05, 4.69) is 0 Å². The van der Waals surface area contributed by atoms with Crippen LogP contribution >= 0.6 is 23.4 Å². The van der Waals surface area contributed by atoms with Gasteiger partial charge >= 0.3 is 5.97 Å². The number of carbonyl (C=O) groups is 1. The van der Waals surface area contributed by atoms with Crippen molar-refractivity contribution < 1.29 is 14.6 Å². The van der Waals surface area contributed by atoms with Gasteiger partial charge < -0.3 is 9.84 Å². The van der Waals surface area contributed by atoms with E-state index in [1.165, 1.54) is 11.8 Å². The number of halogens is 1. The molecule has 0 unspecified atom stereocenters. The molecule has 1 rings (SSSR count). The molecular formula is C10H11ClO3S. The topological polar surface area (TPSA) is 46.5 Å². The van der Waals surface area contributed by atoms with E-state index in [0.29, 0.717) is 16.5 Å². The van der Waals surface area contributed by atoms with Gasteiger partial charge in [-0.25, -0.2) is 0 Å². The zero-order valence-electron chi connectivity index (χ0n) is 8.20. The molecule has 0 saturated heterocycles. The SMILES string of the molecule is COc1ccc(SCCC(=O)O)cc1Cl. The number of carboxylic acid groups (broad SMARTS) is 1. The predicted octanol–water partition coefficient (Wildman–Crippen LogP) is 2.92. The largest absolute Gasteiger partial charge is 0.495 e. The van der Waals surface area contributed by atoms with E-state index in [1.54, 1.807) is 19.2 Å². The summed E-state index contributed by atoms with van der Waals surface area (Å²) < 4.78 is 5.01. The fraction of sp³-hybridized carbons (Fsp3) is 0.300. The number of rotatable bonds is 5. The Morgan fingerprint density at radius 1 is 1.60 bits per heavy atom. The normalized spacial score (nSPS) is 10.0. The van der Waals surface area contributed by atoms with Gasteiger partial charge in [-0.2, -0.15) is 0 Å². The molecule has 5 heteroatoms. The van der Waals surface area contributed by atoms with Crippen LogP contribution < -0.4 is 4.74 Å². The minimum absolute atomic E-state index is 0.147. The minimum Gasteiger partial charge on any atom is -0.495 e. The standard InChI is InChI=1S/C10H11ClO3S/c1-14-9-3-2-7(6-8(9)11)15-5-4-10(12)13/h2-3,6H,4-5H2,1H3,(H,12,13). The Morgan fingerprint density at radius 2 is 2.33 bits per heavy atom. The monoisotopic (exact) mass is 246 g/mol. The van der Waals surface area contributed by atoms with Gasteiger partial charge in [0.25, 0.3) is 0 Å². The molecule has 0 fully saturated rings. The molecule has 0 aromatic heterocycles. The van der Waals surface area contributed by atoms with E-state index in [1.807, 2.05) is 6.07 Å². The van der Waals surface area contributed by atoms with Gasteiger partial charge in [-0.15, -0.1) is 11.8 Å². The first-order valence-electron chi connectivity index (χ1n) is 4.31. The van der Waals surface area contributed by atoms with Gasteiger partial charge in [0.2, 0.25) is 0 Å². The Morgan fingerprint density at radius 3 is 2.87 bits per heavy atom. The van der Waals surface area contributed by atoms with Gasteiger partial charge in [-0.3, -0.25) is 4.79 Å². The van der Waals surface area contributed by atoms with Gasteiger partial charge in [-0.1, -0.05) is 11.6 Å². The summed E-state index contributed by atoms with van der Waals surface area (Å²) in [6, 6.07) is 5.40. The van der Waals surface area contributed by atoms with Crippen molar-refractivity contribution in [1.82, 2.24) is 0 Å². The van der Waals surface area contributed by atoms with Crippen molar-refractivity contribution in [3.63, 3.8) is 0 Å². The maximum Gasteiger partial charge on any atom is 0.304 e. The van der Waals surface area contributed by atoms with Crippen LogP contribution in [-0.4, -0.2) is 23.9 Å². The Hall–Kier alpha value is -0.870. The summed E-state index contributed by atoms with van der Waals surface area (Å²) in [4.78, 5) is 11.2. The zero-order valence-corrected chi connectivity index (χ0v) is 9.77. The lowest BCUT2D eigenvalue weighted by Crippen LogP contribution is -1.95. The summed E-state index contributed by atoms with van der Waals surface area (Å²) in [5.74, 6) is 0.374. The number of carboxylic acids is 1. The van der Waals surface area contributed by atoms with Crippen molar-refractivity contribution in [2.24, 2.45) is 0 Å². The number of hydrogen-bond acceptors (Lipinski definition) is 3. The van der Waals surface area contributed by atoms with Crippen LogP contribution in [0.25, 0.3) is 0 Å². The molecule has 0 amide bonds. The summed E-state index contributed by atoms with van der Waals surface area (Å²) in [5.41, 5.74) is 0. The van der Waals surface area contributed by atoms with Crippen molar-refractivity contribution in [2.45, 2.75) is 11.3 Å². The van der Waals surface area contributed by atoms with Crippen LogP contribution in [0, 0.1) is 0 Å². The third-order valence-corrected chi connectivity index (χ3v) is 3.00. The maximum absolute atomic E-state index is 10.3. The molecule has 0 bridgehead atoms. The number of ether oxygens (including phenoxy) is 1. The highest BCUT2D eigenvalue weighted by molar-refractivity contribution is 7.99. The lowest BCUT2D eigenvalue weighted by molar-refractivity contribution is -0.136. The Labute approximate surface area is 97.4 Å². The summed E-state index contributed by atoms with van der Waals surface area (Å²) in [5, 5.41) is 9.01. The lowest BCUT2D eigenvalue weighted by Gasteiger charge is -2.04. The van der Waals surface area contributed by atoms with Gasteiger partial charge in [0.05, 0.1) is 18.6 Å². The van der Waals surface area contributed by atoms with Crippen LogP contribution in [0.5, 0.6) is 5.75 Å². The van der Waals surface area contributed by atoms with Crippen molar-refractivity contribution in [3.8, 4) is 5.75 Å². The zero-order chi connectivity index (χ0) is 11.3. The quantitative estimate of drug-likeness (QED) is 0.812. The first kappa shape index (κ1) is 12.2. The number of thioether (sulfide) groups is 1. The highest BCUT2D eigenvalue weighted by Gasteiger charge is 2.03. The third kappa shape index (κ3) is 4.01. The highest BCUT2D eigenvalue weighted by atomic mass is 35.5. The Bertz CT molecular complexity index is 355. The number of aliphatic carboxylic acids is 1. The average Bonchev–Trinajstić information content (AvgIpc) is 2.17. The fourth-order valence-corrected chi connectivity index (χ4v) is 2.19. The molecule has 82 valence electrons. The Balaban J connectivity index is 2.55. The van der Waals surface area contributed by atoms with E-state index in [9.17, 15) is 4.79 Å². The van der Waals surface area contributed by atoms with Crippen LogP contribution in [0.1, 0.15) is 6.42 Å². The molecule has 0 aliphatic carbocycles. The first-order valence-corrected chi connectivity index (χ1v) is 5.68. The molecule has 0 aliphatic rings. The van der Waals surface area contributed by atoms with E-state index >= 15 is 0 Å². The number of hydrogen-bond donors (Lipinski definition) is 1. The highest BCUT2D eigenvalue weighted by Crippen LogP contribution is 2.29. The molecule has 15 heavy (non-hydrogen) atoms. The van der Waals surface area contributed by atoms with E-state index in [0.717, 1.165) is 4.90 Å². The molecule has 0 atom stereocenters. The second-order valence-corrected chi connectivity index (χ2v) is 4.36. The van der Waals surface area contributed by atoms with Gasteiger partial charge in [0.15, 0.2) is 0 Å². The van der Waals surface area contributed by atoms with Crippen LogP contribution in [0.15, 0.2) is 23.1 Å². The molecule has 1 aromatic rings. The summed E-state index contributed by atoms with van der Waals surface area (Å²) in [6.07, 6.45) is 0.147. The molecule has 1 N–H and O–H groups in total. The second kappa shape index (κ2) is 5.88. The smallest absolute Gasteiger partial charge is 0.304 e. The fourth-order valence-electron chi connectivity index (χ4n) is 0.993. The molecule has 1 aromatic carbocycles. The molecule has 0 spiro atoms. The lowest BCUT2D eigenvalue weighted by atomic mass is 10.3. The average molecular weight is 247 g/mol. The molecular weight excluding hydrogens is 236 g/mol. The third-order valence-electron chi connectivity index (χ3n) is 1.71. The van der Waals surface area contributed by atoms with Crippen molar-refractivity contribution >= 4 is 29.3 Å². The van der Waals surface area contributed by atoms with Gasteiger partial charge in [0.1, 0.15) is 5.75 Å². The minimum atomic E-state index is -0.790. The Kier molecular flexibility index (Phi) is 4.78. The van der Waals surface area contributed by atoms with Crippen LogP contribution in [0.2, 0.25) is 5.02 Å². The van der Waals surface area contributed by atoms with Crippen molar-refractivity contribution in [2.75, 3.05) is 12.9 Å². The predicted molar refractivity (Wildman–Crippen MR) is 61.0 cm³/mol. The molecule has 3 nitrogen and oxygen atoms in total. The van der Waals surface area contributed by atoms with Crippen LogP contribution in [0.4, 0.5) is 0 Å². The van der Waals surface area contributed by atoms with E-state index in [-0.39, 0.29) is 6.42 Å². The van der Waals surface area contributed by atoms with Gasteiger partial charge in [-0.05, 0) is 18.2 Å². The van der Waals surface area contributed by atoms with E-state index in [4.69, 9.17) is 21.4 Å². The van der Waals surface area contributed by atoms with Crippen molar-refractivity contribution in [1.29, 1.82) is 0 Å². The van der Waals surface area contributed by atoms with Crippen molar-refractivity contribution in [3.05, 3.63) is 23.2 Å². The van der Waals surface area contributed by atoms with Crippen LogP contribution in [0.3, 0.4) is 0 Å².